The van der Waals surface area contributed by atoms with Crippen LogP contribution in [-0.2, 0) is 9.53 Å². The van der Waals surface area contributed by atoms with Crippen LogP contribution in [0.15, 0.2) is 24.3 Å². The maximum absolute atomic E-state index is 14.2. The van der Waals surface area contributed by atoms with Gasteiger partial charge in [-0.3, -0.25) is 9.69 Å². The van der Waals surface area contributed by atoms with Crippen LogP contribution in [0.1, 0.15) is 34.7 Å². The summed E-state index contributed by atoms with van der Waals surface area (Å²) in [5.74, 6) is -0.827. The summed E-state index contributed by atoms with van der Waals surface area (Å²) < 4.78 is 19.5. The summed E-state index contributed by atoms with van der Waals surface area (Å²) in [7, 11) is 0. The highest BCUT2D eigenvalue weighted by Crippen LogP contribution is 2.26. The maximum Gasteiger partial charge on any atom is 0.319 e. The van der Waals surface area contributed by atoms with E-state index in [1.54, 1.807) is 11.3 Å². The lowest BCUT2D eigenvalue weighted by Crippen LogP contribution is -2.38. The average Bonchev–Trinajstić information content (AvgIpc) is 3.08. The topological polar surface area (TPSA) is 82.7 Å². The number of amides is 3. The lowest BCUT2D eigenvalue weighted by atomic mass is 10.1. The number of hydrogen-bond acceptors (Lipinski definition) is 5. The van der Waals surface area contributed by atoms with Crippen molar-refractivity contribution in [3.8, 4) is 0 Å². The molecule has 1 aliphatic heterocycles. The number of hydrogen-bond donors (Lipinski definition) is 3. The maximum atomic E-state index is 14.2. The quantitative estimate of drug-likeness (QED) is 0.597. The van der Waals surface area contributed by atoms with Crippen molar-refractivity contribution in [2.75, 3.05) is 43.5 Å². The number of anilines is 2. The lowest BCUT2D eigenvalue weighted by molar-refractivity contribution is -0.116. The van der Waals surface area contributed by atoms with Crippen LogP contribution in [0, 0.1) is 19.7 Å². The van der Waals surface area contributed by atoms with Crippen LogP contribution in [0.25, 0.3) is 0 Å². The number of carbonyl (C=O) groups is 2. The Bertz CT molecular complexity index is 927. The molecule has 2 heterocycles. The van der Waals surface area contributed by atoms with E-state index in [1.807, 2.05) is 20.8 Å². The van der Waals surface area contributed by atoms with Crippen LogP contribution in [0.3, 0.4) is 0 Å². The van der Waals surface area contributed by atoms with Crippen LogP contribution in [0.5, 0.6) is 0 Å². The smallest absolute Gasteiger partial charge is 0.319 e. The predicted molar refractivity (Wildman–Crippen MR) is 121 cm³/mol. The molecule has 0 spiro atoms. The summed E-state index contributed by atoms with van der Waals surface area (Å²) in [5, 5.41) is 8.19. The summed E-state index contributed by atoms with van der Waals surface area (Å²) in [4.78, 5) is 29.1. The Morgan fingerprint density at radius 2 is 1.94 bits per heavy atom. The van der Waals surface area contributed by atoms with E-state index in [-0.39, 0.29) is 24.1 Å². The fourth-order valence-electron chi connectivity index (χ4n) is 3.52. The number of urea groups is 1. The third-order valence-corrected chi connectivity index (χ3v) is 6.13. The Kier molecular flexibility index (Phi) is 8.00. The number of nitrogens with one attached hydrogen (secondary N) is 3. The minimum absolute atomic E-state index is 0.0436. The second kappa shape index (κ2) is 10.7. The van der Waals surface area contributed by atoms with Crippen molar-refractivity contribution in [3.63, 3.8) is 0 Å². The molecule has 1 aromatic carbocycles. The number of nitrogens with zero attached hydrogens (tertiary/aromatic N) is 1. The van der Waals surface area contributed by atoms with E-state index in [9.17, 15) is 14.0 Å². The first-order valence-corrected chi connectivity index (χ1v) is 11.2. The second-order valence-electron chi connectivity index (χ2n) is 7.64. The molecule has 0 aliphatic carbocycles. The zero-order valence-corrected chi connectivity index (χ0v) is 18.9. The van der Waals surface area contributed by atoms with E-state index >= 15 is 0 Å². The Hall–Kier alpha value is -2.49. The lowest BCUT2D eigenvalue weighted by Gasteiger charge is -2.26. The Morgan fingerprint density at radius 3 is 2.61 bits per heavy atom. The van der Waals surface area contributed by atoms with Gasteiger partial charge in [0, 0.05) is 41.5 Å². The number of ether oxygens (including phenoxy) is 1. The molecule has 0 unspecified atom stereocenters. The van der Waals surface area contributed by atoms with E-state index < -0.39 is 11.8 Å². The van der Waals surface area contributed by atoms with Crippen molar-refractivity contribution in [1.82, 2.24) is 10.2 Å². The summed E-state index contributed by atoms with van der Waals surface area (Å²) in [6.07, 6.45) is 0.258. The standard InChI is InChI=1S/C22H29FN4O3S/c1-14-12-18(16(3)31-14)15(2)24-22(29)25-17-4-5-19(23)20(13-17)26-21(28)6-7-27-8-10-30-11-9-27/h4-5,12-13,15H,6-11H2,1-3H3,(H,26,28)(H2,24,25,29)/t15-/m1/s1. The normalized spacial score (nSPS) is 15.4. The monoisotopic (exact) mass is 448 g/mol. The van der Waals surface area contributed by atoms with Crippen LogP contribution in [0.2, 0.25) is 0 Å². The highest BCUT2D eigenvalue weighted by molar-refractivity contribution is 7.12. The highest BCUT2D eigenvalue weighted by Gasteiger charge is 2.16. The number of carbonyl (C=O) groups excluding carboxylic acids is 2. The molecule has 1 saturated heterocycles. The molecule has 1 aliphatic rings. The Balaban J connectivity index is 1.54. The highest BCUT2D eigenvalue weighted by atomic mass is 32.1. The molecule has 1 fully saturated rings. The number of morpholine rings is 1. The molecule has 3 amide bonds. The summed E-state index contributed by atoms with van der Waals surface area (Å²) in [6, 6.07) is 5.61. The van der Waals surface area contributed by atoms with Gasteiger partial charge in [0.1, 0.15) is 5.82 Å². The molecule has 3 N–H and O–H groups in total. The van der Waals surface area contributed by atoms with Crippen LogP contribution in [-0.4, -0.2) is 49.7 Å². The molecule has 1 aromatic heterocycles. The van der Waals surface area contributed by atoms with Gasteiger partial charge in [-0.15, -0.1) is 11.3 Å². The molecule has 3 rings (SSSR count). The zero-order chi connectivity index (χ0) is 22.4. The average molecular weight is 449 g/mol. The molecular formula is C22H29FN4O3S. The van der Waals surface area contributed by atoms with Crippen molar-refractivity contribution in [2.45, 2.75) is 33.2 Å². The molecular weight excluding hydrogens is 419 g/mol. The molecule has 0 radical (unpaired) electrons. The molecule has 7 nitrogen and oxygen atoms in total. The third-order valence-electron chi connectivity index (χ3n) is 5.15. The van der Waals surface area contributed by atoms with E-state index in [4.69, 9.17) is 4.74 Å². The second-order valence-corrected chi connectivity index (χ2v) is 9.10. The summed E-state index contributed by atoms with van der Waals surface area (Å²) in [5.41, 5.74) is 1.51. The SMILES string of the molecule is Cc1cc([C@@H](C)NC(=O)Nc2ccc(F)c(NC(=O)CCN3CCOCC3)c2)c(C)s1. The number of thiophene rings is 1. The van der Waals surface area contributed by atoms with Crippen molar-refractivity contribution in [2.24, 2.45) is 0 Å². The van der Waals surface area contributed by atoms with Crippen molar-refractivity contribution >= 4 is 34.6 Å². The minimum Gasteiger partial charge on any atom is -0.379 e. The zero-order valence-electron chi connectivity index (χ0n) is 18.1. The van der Waals surface area contributed by atoms with Crippen molar-refractivity contribution < 1.29 is 18.7 Å². The van der Waals surface area contributed by atoms with Gasteiger partial charge in [0.25, 0.3) is 0 Å². The van der Waals surface area contributed by atoms with Crippen LogP contribution in [0.4, 0.5) is 20.6 Å². The van der Waals surface area contributed by atoms with Gasteiger partial charge in [-0.25, -0.2) is 9.18 Å². The van der Waals surface area contributed by atoms with Crippen LogP contribution < -0.4 is 16.0 Å². The first-order valence-electron chi connectivity index (χ1n) is 10.4. The molecule has 9 heteroatoms. The van der Waals surface area contributed by atoms with E-state index in [1.165, 1.54) is 23.1 Å². The Labute approximate surface area is 186 Å². The number of aryl methyl sites for hydroxylation is 2. The minimum atomic E-state index is -0.552. The van der Waals surface area contributed by atoms with Gasteiger partial charge >= 0.3 is 6.03 Å². The number of halogens is 1. The summed E-state index contributed by atoms with van der Waals surface area (Å²) in [6.45, 7) is 9.47. The fraction of sp³-hybridized carbons (Fsp3) is 0.455. The molecule has 1 atom stereocenters. The first kappa shape index (κ1) is 23.2. The Morgan fingerprint density at radius 1 is 1.19 bits per heavy atom. The van der Waals surface area contributed by atoms with E-state index in [0.29, 0.717) is 25.4 Å². The van der Waals surface area contributed by atoms with Gasteiger partial charge in [0.05, 0.1) is 24.9 Å². The van der Waals surface area contributed by atoms with E-state index in [2.05, 4.69) is 26.9 Å². The molecule has 168 valence electrons. The molecule has 0 bridgehead atoms. The van der Waals surface area contributed by atoms with Crippen molar-refractivity contribution in [1.29, 1.82) is 0 Å². The number of rotatable bonds is 7. The summed E-state index contributed by atoms with van der Waals surface area (Å²) >= 11 is 1.69. The molecule has 2 aromatic rings. The van der Waals surface area contributed by atoms with E-state index in [0.717, 1.165) is 23.5 Å². The van der Waals surface area contributed by atoms with Crippen LogP contribution >= 0.6 is 11.3 Å². The van der Waals surface area contributed by atoms with Gasteiger partial charge in [-0.1, -0.05) is 0 Å². The third kappa shape index (κ3) is 6.75. The molecule has 31 heavy (non-hydrogen) atoms. The van der Waals surface area contributed by atoms with Crippen molar-refractivity contribution in [3.05, 3.63) is 45.4 Å². The van der Waals surface area contributed by atoms with Gasteiger partial charge in [0.2, 0.25) is 5.91 Å². The first-order chi connectivity index (χ1) is 14.8. The molecule has 0 saturated carbocycles. The largest absolute Gasteiger partial charge is 0.379 e. The fourth-order valence-corrected chi connectivity index (χ4v) is 4.54. The van der Waals surface area contributed by atoms with Gasteiger partial charge in [-0.05, 0) is 50.6 Å². The van der Waals surface area contributed by atoms with Gasteiger partial charge < -0.3 is 20.7 Å². The van der Waals surface area contributed by atoms with Gasteiger partial charge in [0.15, 0.2) is 0 Å². The van der Waals surface area contributed by atoms with Gasteiger partial charge in [-0.2, -0.15) is 0 Å². The predicted octanol–water partition coefficient (Wildman–Crippen LogP) is 4.05. The number of benzene rings is 1.